The van der Waals surface area contributed by atoms with Crippen molar-refractivity contribution in [2.24, 2.45) is 0 Å². The third-order valence-corrected chi connectivity index (χ3v) is 2.09. The number of likely N-dealkylation sites (N-methyl/N-ethyl adjacent to an activating group) is 1. The summed E-state index contributed by atoms with van der Waals surface area (Å²) in [6.45, 7) is 8.01. The van der Waals surface area contributed by atoms with Crippen molar-refractivity contribution in [3.8, 4) is 0 Å². The maximum atomic E-state index is 9.17. The molecule has 2 atom stereocenters. The van der Waals surface area contributed by atoms with Crippen molar-refractivity contribution in [1.29, 1.82) is 0 Å². The van der Waals surface area contributed by atoms with E-state index in [9.17, 15) is 0 Å². The number of nitrogens with zero attached hydrogens (tertiary/aromatic N) is 1. The molecule has 2 N–H and O–H groups in total. The topological polar surface area (TPSA) is 62.2 Å². The number of hydrogen-bond acceptors (Lipinski definition) is 5. The SMILES string of the molecule is CCN(C)C(CO)OC(CO)OC(C)(C)C. The smallest absolute Gasteiger partial charge is 0.183 e. The minimum Gasteiger partial charge on any atom is -0.392 e. The fourth-order valence-electron chi connectivity index (χ4n) is 1.17. The van der Waals surface area contributed by atoms with Crippen molar-refractivity contribution < 1.29 is 19.7 Å². The molecule has 0 amide bonds. The van der Waals surface area contributed by atoms with E-state index in [1.165, 1.54) is 0 Å². The maximum absolute atomic E-state index is 9.17. The van der Waals surface area contributed by atoms with Crippen LogP contribution in [0.4, 0.5) is 0 Å². The molecule has 0 aromatic rings. The lowest BCUT2D eigenvalue weighted by molar-refractivity contribution is -0.255. The monoisotopic (exact) mass is 235 g/mol. The zero-order valence-corrected chi connectivity index (χ0v) is 10.9. The first kappa shape index (κ1) is 15.8. The summed E-state index contributed by atoms with van der Waals surface area (Å²) in [4.78, 5) is 1.84. The Balaban J connectivity index is 4.28. The molecule has 0 radical (unpaired) electrons. The van der Waals surface area contributed by atoms with Gasteiger partial charge in [-0.05, 0) is 34.4 Å². The van der Waals surface area contributed by atoms with Crippen molar-refractivity contribution in [3.05, 3.63) is 0 Å². The Morgan fingerprint density at radius 3 is 2.06 bits per heavy atom. The molecule has 0 aromatic heterocycles. The average molecular weight is 235 g/mol. The predicted octanol–water partition coefficient (Wildman–Crippen LogP) is 0.407. The summed E-state index contributed by atoms with van der Waals surface area (Å²) < 4.78 is 11.0. The van der Waals surface area contributed by atoms with Gasteiger partial charge in [0.2, 0.25) is 0 Å². The predicted molar refractivity (Wildman–Crippen MR) is 62.0 cm³/mol. The summed E-state index contributed by atoms with van der Waals surface area (Å²) in [6, 6.07) is 0. The summed E-state index contributed by atoms with van der Waals surface area (Å²) in [5.74, 6) is 0. The number of aliphatic hydroxyl groups is 2. The minimum absolute atomic E-state index is 0.131. The number of ether oxygens (including phenoxy) is 2. The number of hydrogen-bond donors (Lipinski definition) is 2. The Bertz CT molecular complexity index is 181. The second-order valence-corrected chi connectivity index (χ2v) is 4.69. The number of aliphatic hydroxyl groups excluding tert-OH is 2. The first-order valence-corrected chi connectivity index (χ1v) is 5.59. The van der Waals surface area contributed by atoms with Gasteiger partial charge in [-0.25, -0.2) is 0 Å². The van der Waals surface area contributed by atoms with E-state index < -0.39 is 18.1 Å². The van der Waals surface area contributed by atoms with Gasteiger partial charge >= 0.3 is 0 Å². The molecule has 0 heterocycles. The minimum atomic E-state index is -0.717. The van der Waals surface area contributed by atoms with Gasteiger partial charge in [0.05, 0.1) is 18.8 Å². The third kappa shape index (κ3) is 6.40. The fourth-order valence-corrected chi connectivity index (χ4v) is 1.17. The highest BCUT2D eigenvalue weighted by molar-refractivity contribution is 4.63. The van der Waals surface area contributed by atoms with Crippen molar-refractivity contribution in [3.63, 3.8) is 0 Å². The van der Waals surface area contributed by atoms with Crippen LogP contribution in [0, 0.1) is 0 Å². The van der Waals surface area contributed by atoms with Gasteiger partial charge in [0.25, 0.3) is 0 Å². The van der Waals surface area contributed by atoms with E-state index in [0.29, 0.717) is 0 Å². The highest BCUT2D eigenvalue weighted by Gasteiger charge is 2.23. The van der Waals surface area contributed by atoms with Gasteiger partial charge in [-0.15, -0.1) is 0 Å². The molecule has 98 valence electrons. The van der Waals surface area contributed by atoms with E-state index in [2.05, 4.69) is 0 Å². The molecule has 16 heavy (non-hydrogen) atoms. The number of rotatable bonds is 7. The average Bonchev–Trinajstić information content (AvgIpc) is 2.21. The Morgan fingerprint density at radius 1 is 1.19 bits per heavy atom. The maximum Gasteiger partial charge on any atom is 0.183 e. The van der Waals surface area contributed by atoms with Crippen LogP contribution in [0.3, 0.4) is 0 Å². The Labute approximate surface area is 98.0 Å². The molecule has 2 unspecified atom stereocenters. The summed E-state index contributed by atoms with van der Waals surface area (Å²) >= 11 is 0. The zero-order chi connectivity index (χ0) is 12.8. The van der Waals surface area contributed by atoms with Gasteiger partial charge in [0.1, 0.15) is 6.23 Å². The summed E-state index contributed by atoms with van der Waals surface area (Å²) in [5.41, 5.74) is -0.391. The van der Waals surface area contributed by atoms with E-state index in [-0.39, 0.29) is 13.2 Å². The van der Waals surface area contributed by atoms with Crippen molar-refractivity contribution in [2.45, 2.75) is 45.8 Å². The molecule has 0 aromatic carbocycles. The molecular formula is C11H25NO4. The molecule has 0 aliphatic rings. The Morgan fingerprint density at radius 2 is 1.75 bits per heavy atom. The molecule has 0 fully saturated rings. The van der Waals surface area contributed by atoms with Crippen LogP contribution in [0.1, 0.15) is 27.7 Å². The third-order valence-electron chi connectivity index (χ3n) is 2.09. The molecule has 0 aliphatic heterocycles. The molecule has 0 bridgehead atoms. The molecule has 5 heteroatoms. The summed E-state index contributed by atoms with van der Waals surface area (Å²) in [7, 11) is 1.84. The molecule has 0 rings (SSSR count). The lowest BCUT2D eigenvalue weighted by Gasteiger charge is -2.32. The van der Waals surface area contributed by atoms with Gasteiger partial charge in [-0.3, -0.25) is 4.90 Å². The van der Waals surface area contributed by atoms with Crippen LogP contribution >= 0.6 is 0 Å². The first-order chi connectivity index (χ1) is 7.34. The highest BCUT2D eigenvalue weighted by Crippen LogP contribution is 2.13. The van der Waals surface area contributed by atoms with Gasteiger partial charge in [-0.2, -0.15) is 0 Å². The van der Waals surface area contributed by atoms with Crippen LogP contribution in [0.5, 0.6) is 0 Å². The molecule has 5 nitrogen and oxygen atoms in total. The summed E-state index contributed by atoms with van der Waals surface area (Å²) in [5, 5.41) is 18.3. The van der Waals surface area contributed by atoms with Gasteiger partial charge in [0.15, 0.2) is 6.29 Å². The van der Waals surface area contributed by atoms with E-state index >= 15 is 0 Å². The van der Waals surface area contributed by atoms with Gasteiger partial charge in [-0.1, -0.05) is 6.92 Å². The van der Waals surface area contributed by atoms with Crippen molar-refractivity contribution in [1.82, 2.24) is 4.90 Å². The van der Waals surface area contributed by atoms with Crippen LogP contribution in [0.15, 0.2) is 0 Å². The molecule has 0 saturated carbocycles. The van der Waals surface area contributed by atoms with Crippen LogP contribution in [-0.4, -0.2) is 60.0 Å². The van der Waals surface area contributed by atoms with Crippen LogP contribution in [-0.2, 0) is 9.47 Å². The normalized spacial score (nSPS) is 16.5. The van der Waals surface area contributed by atoms with E-state index in [1.54, 1.807) is 0 Å². The molecular weight excluding hydrogens is 210 g/mol. The quantitative estimate of drug-likeness (QED) is 0.626. The van der Waals surface area contributed by atoms with E-state index in [4.69, 9.17) is 19.7 Å². The van der Waals surface area contributed by atoms with Crippen LogP contribution < -0.4 is 0 Å². The van der Waals surface area contributed by atoms with E-state index in [0.717, 1.165) is 6.54 Å². The van der Waals surface area contributed by atoms with Crippen molar-refractivity contribution >= 4 is 0 Å². The van der Waals surface area contributed by atoms with Gasteiger partial charge < -0.3 is 19.7 Å². The lowest BCUT2D eigenvalue weighted by Crippen LogP contribution is -2.43. The van der Waals surface area contributed by atoms with Crippen LogP contribution in [0.25, 0.3) is 0 Å². The Kier molecular flexibility index (Phi) is 7.10. The highest BCUT2D eigenvalue weighted by atomic mass is 16.7. The van der Waals surface area contributed by atoms with E-state index in [1.807, 2.05) is 39.6 Å². The lowest BCUT2D eigenvalue weighted by atomic mass is 10.2. The second-order valence-electron chi connectivity index (χ2n) is 4.69. The largest absolute Gasteiger partial charge is 0.392 e. The van der Waals surface area contributed by atoms with Crippen molar-refractivity contribution in [2.75, 3.05) is 26.8 Å². The fraction of sp³-hybridized carbons (Fsp3) is 1.00. The second kappa shape index (κ2) is 7.19. The zero-order valence-electron chi connectivity index (χ0n) is 10.9. The van der Waals surface area contributed by atoms with Crippen LogP contribution in [0.2, 0.25) is 0 Å². The molecule has 0 aliphatic carbocycles. The standard InChI is InChI=1S/C11H25NO4/c1-6-12(5)9(7-13)15-10(8-14)16-11(2,3)4/h9-10,13-14H,6-8H2,1-5H3. The summed E-state index contributed by atoms with van der Waals surface area (Å²) in [6.07, 6.45) is -1.17. The first-order valence-electron chi connectivity index (χ1n) is 5.59. The Hall–Kier alpha value is -0.200. The molecule has 0 saturated heterocycles. The molecule has 0 spiro atoms. The van der Waals surface area contributed by atoms with Gasteiger partial charge in [0, 0.05) is 0 Å².